The molecule has 0 unspecified atom stereocenters. The lowest BCUT2D eigenvalue weighted by Gasteiger charge is -1.99. The van der Waals surface area contributed by atoms with E-state index in [2.05, 4.69) is 25.9 Å². The van der Waals surface area contributed by atoms with E-state index in [1.165, 1.54) is 6.33 Å². The van der Waals surface area contributed by atoms with E-state index >= 15 is 0 Å². The summed E-state index contributed by atoms with van der Waals surface area (Å²) in [5.74, 6) is 0. The molecule has 2 rings (SSSR count). The van der Waals surface area contributed by atoms with Crippen LogP contribution in [0.4, 0.5) is 0 Å². The zero-order valence-corrected chi connectivity index (χ0v) is 10.6. The van der Waals surface area contributed by atoms with Crippen LogP contribution in [0.25, 0.3) is 10.9 Å². The first-order valence-electron chi connectivity index (χ1n) is 4.82. The average molecular weight is 269 g/mol. The molecule has 0 amide bonds. The van der Waals surface area contributed by atoms with Crippen molar-refractivity contribution in [3.63, 3.8) is 0 Å². The van der Waals surface area contributed by atoms with E-state index in [0.29, 0.717) is 5.39 Å². The Hall–Kier alpha value is -1.16. The Labute approximate surface area is 96.7 Å². The summed E-state index contributed by atoms with van der Waals surface area (Å²) in [5, 5.41) is 0.611. The Balaban J connectivity index is 0.000000531. The number of nitrogens with zero attached hydrogens (tertiary/aromatic N) is 1. The molecule has 4 heteroatoms. The topological polar surface area (TPSA) is 45.8 Å². The maximum absolute atomic E-state index is 11.3. The Morgan fingerprint density at radius 2 is 2.00 bits per heavy atom. The lowest BCUT2D eigenvalue weighted by molar-refractivity contribution is 1.17. The lowest BCUT2D eigenvalue weighted by Crippen LogP contribution is -2.06. The highest BCUT2D eigenvalue weighted by Crippen LogP contribution is 2.19. The summed E-state index contributed by atoms with van der Waals surface area (Å²) in [6.45, 7) is 5.96. The molecule has 0 saturated carbocycles. The molecule has 0 aliphatic heterocycles. The molecule has 0 spiro atoms. The molecule has 3 nitrogen and oxygen atoms in total. The number of aromatic amines is 1. The van der Waals surface area contributed by atoms with Crippen LogP contribution in [0.1, 0.15) is 19.4 Å². The number of rotatable bonds is 0. The summed E-state index contributed by atoms with van der Waals surface area (Å²) in [5.41, 5.74) is 1.70. The van der Waals surface area contributed by atoms with Crippen molar-refractivity contribution in [3.8, 4) is 0 Å². The molecular weight excluding hydrogens is 256 g/mol. The van der Waals surface area contributed by atoms with Crippen LogP contribution in [0.15, 0.2) is 27.7 Å². The van der Waals surface area contributed by atoms with Crippen molar-refractivity contribution in [2.24, 2.45) is 0 Å². The van der Waals surface area contributed by atoms with Crippen LogP contribution in [0.2, 0.25) is 0 Å². The van der Waals surface area contributed by atoms with Crippen LogP contribution in [0.5, 0.6) is 0 Å². The van der Waals surface area contributed by atoms with Crippen molar-refractivity contribution >= 4 is 26.8 Å². The van der Waals surface area contributed by atoms with Gasteiger partial charge in [0.1, 0.15) is 0 Å². The van der Waals surface area contributed by atoms with Gasteiger partial charge in [0, 0.05) is 4.47 Å². The van der Waals surface area contributed by atoms with Gasteiger partial charge in [-0.25, -0.2) is 4.98 Å². The first kappa shape index (κ1) is 11.9. The van der Waals surface area contributed by atoms with E-state index in [1.54, 1.807) is 6.07 Å². The number of benzene rings is 1. The molecule has 1 aromatic heterocycles. The van der Waals surface area contributed by atoms with Crippen LogP contribution in [-0.2, 0) is 0 Å². The summed E-state index contributed by atoms with van der Waals surface area (Å²) in [7, 11) is 0. The monoisotopic (exact) mass is 268 g/mol. The molecule has 1 heterocycles. The fourth-order valence-electron chi connectivity index (χ4n) is 1.19. The van der Waals surface area contributed by atoms with Crippen LogP contribution in [0, 0.1) is 6.92 Å². The molecule has 1 N–H and O–H groups in total. The maximum Gasteiger partial charge on any atom is 0.258 e. The van der Waals surface area contributed by atoms with E-state index in [-0.39, 0.29) is 5.56 Å². The van der Waals surface area contributed by atoms with E-state index in [0.717, 1.165) is 15.6 Å². The molecule has 0 saturated heterocycles. The third-order valence-corrected chi connectivity index (χ3v) is 2.78. The number of fused-ring (bicyclic) bond motifs is 1. The van der Waals surface area contributed by atoms with Gasteiger partial charge in [0.15, 0.2) is 0 Å². The minimum atomic E-state index is -0.106. The Morgan fingerprint density at radius 3 is 2.67 bits per heavy atom. The Bertz CT molecular complexity index is 519. The minimum absolute atomic E-state index is 0.106. The molecule has 0 fully saturated rings. The Kier molecular flexibility index (Phi) is 4.03. The fourth-order valence-corrected chi connectivity index (χ4v) is 1.54. The van der Waals surface area contributed by atoms with Gasteiger partial charge in [0.2, 0.25) is 0 Å². The molecule has 2 aromatic rings. The SMILES string of the molecule is CC.Cc1cc2nc[nH]c(=O)c2cc1Br. The molecule has 15 heavy (non-hydrogen) atoms. The number of halogens is 1. The highest BCUT2D eigenvalue weighted by Gasteiger charge is 2.02. The molecule has 1 aromatic carbocycles. The predicted molar refractivity (Wildman–Crippen MR) is 66.1 cm³/mol. The zero-order chi connectivity index (χ0) is 11.4. The number of hydrogen-bond donors (Lipinski definition) is 1. The third-order valence-electron chi connectivity index (χ3n) is 1.92. The summed E-state index contributed by atoms with van der Waals surface area (Å²) in [6, 6.07) is 3.67. The molecule has 0 aliphatic carbocycles. The van der Waals surface area contributed by atoms with Gasteiger partial charge in [-0.3, -0.25) is 4.79 Å². The number of H-pyrrole nitrogens is 1. The highest BCUT2D eigenvalue weighted by molar-refractivity contribution is 9.10. The third kappa shape index (κ3) is 2.45. The number of aromatic nitrogens is 2. The molecule has 80 valence electrons. The van der Waals surface area contributed by atoms with Gasteiger partial charge in [0.25, 0.3) is 5.56 Å². The second-order valence-corrected chi connectivity index (χ2v) is 3.70. The first-order valence-corrected chi connectivity index (χ1v) is 5.61. The van der Waals surface area contributed by atoms with Crippen molar-refractivity contribution < 1.29 is 0 Å². The van der Waals surface area contributed by atoms with Crippen molar-refractivity contribution in [1.82, 2.24) is 9.97 Å². The minimum Gasteiger partial charge on any atom is -0.313 e. The largest absolute Gasteiger partial charge is 0.313 e. The van der Waals surface area contributed by atoms with Crippen LogP contribution >= 0.6 is 15.9 Å². The second kappa shape index (κ2) is 5.07. The number of aryl methyl sites for hydroxylation is 1. The van der Waals surface area contributed by atoms with Crippen molar-refractivity contribution in [2.45, 2.75) is 20.8 Å². The second-order valence-electron chi connectivity index (χ2n) is 2.85. The van der Waals surface area contributed by atoms with Crippen LogP contribution in [-0.4, -0.2) is 9.97 Å². The molecule has 0 bridgehead atoms. The standard InChI is InChI=1S/C9H7BrN2O.C2H6/c1-5-2-8-6(3-7(5)10)9(13)12-4-11-8;1-2/h2-4H,1H3,(H,11,12,13);1-2H3. The smallest absolute Gasteiger partial charge is 0.258 e. The van der Waals surface area contributed by atoms with Crippen molar-refractivity contribution in [2.75, 3.05) is 0 Å². The highest BCUT2D eigenvalue weighted by atomic mass is 79.9. The first-order chi connectivity index (χ1) is 7.18. The molecule has 0 atom stereocenters. The van der Waals surface area contributed by atoms with Crippen molar-refractivity contribution in [1.29, 1.82) is 0 Å². The van der Waals surface area contributed by atoms with E-state index in [1.807, 2.05) is 26.8 Å². The molecule has 0 aliphatic rings. The van der Waals surface area contributed by atoms with Gasteiger partial charge in [-0.15, -0.1) is 0 Å². The summed E-state index contributed by atoms with van der Waals surface area (Å²) in [4.78, 5) is 17.9. The van der Waals surface area contributed by atoms with E-state index in [9.17, 15) is 4.79 Å². The summed E-state index contributed by atoms with van der Waals surface area (Å²) < 4.78 is 0.929. The average Bonchev–Trinajstić information content (AvgIpc) is 2.24. The Morgan fingerprint density at radius 1 is 1.33 bits per heavy atom. The quantitative estimate of drug-likeness (QED) is 0.799. The van der Waals surface area contributed by atoms with Gasteiger partial charge in [-0.05, 0) is 24.6 Å². The molecule has 0 radical (unpaired) electrons. The number of nitrogens with one attached hydrogen (secondary N) is 1. The van der Waals surface area contributed by atoms with E-state index in [4.69, 9.17) is 0 Å². The normalized spacial score (nSPS) is 9.60. The summed E-state index contributed by atoms with van der Waals surface area (Å²) in [6.07, 6.45) is 1.41. The lowest BCUT2D eigenvalue weighted by atomic mass is 10.2. The van der Waals surface area contributed by atoms with Gasteiger partial charge in [-0.2, -0.15) is 0 Å². The summed E-state index contributed by atoms with van der Waals surface area (Å²) >= 11 is 3.37. The molecular formula is C11H13BrN2O. The number of hydrogen-bond acceptors (Lipinski definition) is 2. The van der Waals surface area contributed by atoms with Gasteiger partial charge in [-0.1, -0.05) is 29.8 Å². The predicted octanol–water partition coefficient (Wildman–Crippen LogP) is 3.02. The van der Waals surface area contributed by atoms with Gasteiger partial charge < -0.3 is 4.98 Å². The van der Waals surface area contributed by atoms with E-state index < -0.39 is 0 Å². The van der Waals surface area contributed by atoms with Crippen molar-refractivity contribution in [3.05, 3.63) is 38.9 Å². The van der Waals surface area contributed by atoms with Crippen LogP contribution in [0.3, 0.4) is 0 Å². The zero-order valence-electron chi connectivity index (χ0n) is 8.97. The maximum atomic E-state index is 11.3. The van der Waals surface area contributed by atoms with Gasteiger partial charge >= 0.3 is 0 Å². The van der Waals surface area contributed by atoms with Gasteiger partial charge in [0.05, 0.1) is 17.2 Å². The fraction of sp³-hybridized carbons (Fsp3) is 0.273. The van der Waals surface area contributed by atoms with Crippen LogP contribution < -0.4 is 5.56 Å².